The summed E-state index contributed by atoms with van der Waals surface area (Å²) in [4.78, 5) is 17.3. The minimum atomic E-state index is -0.300. The van der Waals surface area contributed by atoms with Crippen LogP contribution in [0.3, 0.4) is 0 Å². The Bertz CT molecular complexity index is 994. The normalized spacial score (nSPS) is 21.2. The minimum absolute atomic E-state index is 0.209. The second-order valence-corrected chi connectivity index (χ2v) is 7.61. The van der Waals surface area contributed by atoms with E-state index in [-0.39, 0.29) is 17.7 Å². The molecule has 0 saturated heterocycles. The van der Waals surface area contributed by atoms with E-state index in [9.17, 15) is 4.79 Å². The van der Waals surface area contributed by atoms with Crippen LogP contribution in [-0.4, -0.2) is 20.5 Å². The van der Waals surface area contributed by atoms with Gasteiger partial charge in [-0.3, -0.25) is 4.79 Å². The van der Waals surface area contributed by atoms with Gasteiger partial charge in [0.25, 0.3) is 0 Å². The first-order valence-electron chi connectivity index (χ1n) is 8.96. The first-order valence-corrected chi connectivity index (χ1v) is 9.94. The Labute approximate surface area is 160 Å². The van der Waals surface area contributed by atoms with Gasteiger partial charge in [-0.1, -0.05) is 48.2 Å². The Morgan fingerprint density at radius 2 is 2.11 bits per heavy atom. The van der Waals surface area contributed by atoms with E-state index >= 15 is 0 Å². The molecular weight excluding hydrogens is 360 g/mol. The Morgan fingerprint density at radius 1 is 1.22 bits per heavy atom. The molecule has 2 aliphatic rings. The van der Waals surface area contributed by atoms with Crippen molar-refractivity contribution in [3.8, 4) is 0 Å². The second-order valence-electron chi connectivity index (χ2n) is 6.66. The fourth-order valence-electron chi connectivity index (χ4n) is 3.68. The standard InChI is InChI=1S/C20H18N4O2S/c25-15-9-4-8-14-17(15)18(16-10-5-11-26-16)24-19(21-14)22-20(23-24)27-12-13-6-2-1-3-7-13/h1-3,5-8,10-11,17-18H,4,9,12H2,(H,21,22,23)/t17-,18-/m0/s1. The molecule has 3 aromatic rings. The van der Waals surface area contributed by atoms with Crippen LogP contribution in [0, 0.1) is 5.92 Å². The van der Waals surface area contributed by atoms with Crippen molar-refractivity contribution in [3.05, 3.63) is 71.8 Å². The average Bonchev–Trinajstić information content (AvgIpc) is 3.35. The van der Waals surface area contributed by atoms with E-state index in [0.29, 0.717) is 17.5 Å². The molecule has 0 spiro atoms. The van der Waals surface area contributed by atoms with Gasteiger partial charge in [-0.25, -0.2) is 4.68 Å². The molecule has 5 rings (SSSR count). The molecule has 1 aromatic carbocycles. The number of carbonyl (C=O) groups is 1. The number of aromatic nitrogens is 3. The van der Waals surface area contributed by atoms with Crippen molar-refractivity contribution in [1.29, 1.82) is 0 Å². The van der Waals surface area contributed by atoms with E-state index in [2.05, 4.69) is 28.5 Å². The van der Waals surface area contributed by atoms with Gasteiger partial charge in [0.15, 0.2) is 0 Å². The molecule has 0 saturated carbocycles. The molecule has 2 atom stereocenters. The highest BCUT2D eigenvalue weighted by Crippen LogP contribution is 2.42. The van der Waals surface area contributed by atoms with Gasteiger partial charge in [0.1, 0.15) is 17.6 Å². The molecular formula is C20H18N4O2S. The lowest BCUT2D eigenvalue weighted by Gasteiger charge is -2.34. The molecule has 27 heavy (non-hydrogen) atoms. The first-order chi connectivity index (χ1) is 13.3. The van der Waals surface area contributed by atoms with Crippen LogP contribution < -0.4 is 5.32 Å². The third kappa shape index (κ3) is 2.98. The zero-order valence-electron chi connectivity index (χ0n) is 14.5. The van der Waals surface area contributed by atoms with Crippen LogP contribution in [0.25, 0.3) is 0 Å². The summed E-state index contributed by atoms with van der Waals surface area (Å²) in [6.07, 6.45) is 5.03. The quantitative estimate of drug-likeness (QED) is 0.691. The predicted molar refractivity (Wildman–Crippen MR) is 102 cm³/mol. The van der Waals surface area contributed by atoms with Crippen molar-refractivity contribution >= 4 is 23.5 Å². The fourth-order valence-corrected chi connectivity index (χ4v) is 4.47. The highest BCUT2D eigenvalue weighted by Gasteiger charge is 2.42. The summed E-state index contributed by atoms with van der Waals surface area (Å²) in [5.74, 6) is 2.09. The Hall–Kier alpha value is -2.80. The number of anilines is 1. The summed E-state index contributed by atoms with van der Waals surface area (Å²) < 4.78 is 7.47. The SMILES string of the molecule is O=C1CCC=C2Nc3nc(SCc4ccccc4)nn3[C@@H](c3ccco3)[C@H]12. The predicted octanol–water partition coefficient (Wildman–Crippen LogP) is 4.04. The molecule has 0 bridgehead atoms. The minimum Gasteiger partial charge on any atom is -0.467 e. The van der Waals surface area contributed by atoms with Gasteiger partial charge in [0.2, 0.25) is 11.1 Å². The summed E-state index contributed by atoms with van der Waals surface area (Å²) in [5.41, 5.74) is 2.13. The van der Waals surface area contributed by atoms with Crippen LogP contribution >= 0.6 is 11.8 Å². The van der Waals surface area contributed by atoms with Gasteiger partial charge in [-0.2, -0.15) is 4.98 Å². The Morgan fingerprint density at radius 3 is 2.93 bits per heavy atom. The van der Waals surface area contributed by atoms with E-state index in [1.165, 1.54) is 5.56 Å². The number of benzene rings is 1. The van der Waals surface area contributed by atoms with Gasteiger partial charge in [-0.05, 0) is 24.1 Å². The summed E-state index contributed by atoms with van der Waals surface area (Å²) in [6.45, 7) is 0. The molecule has 6 nitrogen and oxygen atoms in total. The number of furan rings is 1. The molecule has 2 aromatic heterocycles. The lowest BCUT2D eigenvalue weighted by molar-refractivity contribution is -0.123. The number of Topliss-reactive ketones (excluding diaryl/α,β-unsaturated/α-hetero) is 1. The van der Waals surface area contributed by atoms with Crippen LogP contribution in [0.5, 0.6) is 0 Å². The van der Waals surface area contributed by atoms with Gasteiger partial charge in [-0.15, -0.1) is 5.10 Å². The molecule has 1 N–H and O–H groups in total. The number of hydrogen-bond acceptors (Lipinski definition) is 6. The van der Waals surface area contributed by atoms with Crippen LogP contribution in [0.1, 0.15) is 30.2 Å². The number of rotatable bonds is 4. The zero-order valence-corrected chi connectivity index (χ0v) is 15.4. The van der Waals surface area contributed by atoms with Crippen LogP contribution in [0.2, 0.25) is 0 Å². The lowest BCUT2D eigenvalue weighted by atomic mass is 9.83. The number of thioether (sulfide) groups is 1. The molecule has 7 heteroatoms. The molecule has 3 heterocycles. The Kier molecular flexibility index (Phi) is 4.09. The highest BCUT2D eigenvalue weighted by atomic mass is 32.2. The van der Waals surface area contributed by atoms with E-state index in [0.717, 1.165) is 23.6 Å². The third-order valence-corrected chi connectivity index (χ3v) is 5.84. The van der Waals surface area contributed by atoms with Crippen LogP contribution in [0.15, 0.2) is 70.1 Å². The summed E-state index contributed by atoms with van der Waals surface area (Å²) in [5, 5.41) is 8.69. The van der Waals surface area contributed by atoms with Crippen molar-refractivity contribution in [2.24, 2.45) is 5.92 Å². The van der Waals surface area contributed by atoms with Crippen molar-refractivity contribution < 1.29 is 9.21 Å². The van der Waals surface area contributed by atoms with Crippen molar-refractivity contribution in [2.45, 2.75) is 29.8 Å². The lowest BCUT2D eigenvalue weighted by Crippen LogP contribution is -2.38. The molecule has 136 valence electrons. The summed E-state index contributed by atoms with van der Waals surface area (Å²) in [7, 11) is 0. The molecule has 1 aliphatic carbocycles. The van der Waals surface area contributed by atoms with E-state index in [4.69, 9.17) is 9.52 Å². The van der Waals surface area contributed by atoms with Gasteiger partial charge in [0, 0.05) is 17.9 Å². The number of fused-ring (bicyclic) bond motifs is 2. The monoisotopic (exact) mass is 378 g/mol. The maximum Gasteiger partial charge on any atom is 0.227 e. The molecule has 0 fully saturated rings. The van der Waals surface area contributed by atoms with E-state index in [1.807, 2.05) is 30.3 Å². The summed E-state index contributed by atoms with van der Waals surface area (Å²) >= 11 is 1.58. The number of ketones is 1. The number of nitrogens with zero attached hydrogens (tertiary/aromatic N) is 3. The average molecular weight is 378 g/mol. The number of carbonyl (C=O) groups excluding carboxylic acids is 1. The van der Waals surface area contributed by atoms with Crippen molar-refractivity contribution in [1.82, 2.24) is 14.8 Å². The largest absolute Gasteiger partial charge is 0.467 e. The second kappa shape index (κ2) is 6.74. The van der Waals surface area contributed by atoms with Crippen molar-refractivity contribution in [2.75, 3.05) is 5.32 Å². The maximum absolute atomic E-state index is 12.7. The molecule has 1 aliphatic heterocycles. The topological polar surface area (TPSA) is 73.0 Å². The Balaban J connectivity index is 1.50. The third-order valence-electron chi connectivity index (χ3n) is 4.93. The first kappa shape index (κ1) is 16.4. The highest BCUT2D eigenvalue weighted by molar-refractivity contribution is 7.98. The van der Waals surface area contributed by atoms with Crippen LogP contribution in [-0.2, 0) is 10.5 Å². The molecule has 0 radical (unpaired) electrons. The van der Waals surface area contributed by atoms with Gasteiger partial charge < -0.3 is 9.73 Å². The zero-order chi connectivity index (χ0) is 18.2. The van der Waals surface area contributed by atoms with Crippen molar-refractivity contribution in [3.63, 3.8) is 0 Å². The van der Waals surface area contributed by atoms with E-state index in [1.54, 1.807) is 22.7 Å². The van der Waals surface area contributed by atoms with Gasteiger partial charge >= 0.3 is 0 Å². The number of hydrogen-bond donors (Lipinski definition) is 1. The fraction of sp³-hybridized carbons (Fsp3) is 0.250. The molecule has 0 amide bonds. The van der Waals surface area contributed by atoms with E-state index < -0.39 is 0 Å². The number of nitrogens with one attached hydrogen (secondary N) is 1. The van der Waals surface area contributed by atoms with Gasteiger partial charge in [0.05, 0.1) is 12.2 Å². The maximum atomic E-state index is 12.7. The number of allylic oxidation sites excluding steroid dienone is 2. The molecule has 0 unspecified atom stereocenters. The van der Waals surface area contributed by atoms with Crippen LogP contribution in [0.4, 0.5) is 5.95 Å². The summed E-state index contributed by atoms with van der Waals surface area (Å²) in [6, 6.07) is 13.7. The smallest absolute Gasteiger partial charge is 0.227 e.